The minimum Gasteiger partial charge on any atom is -0.496 e. The third-order valence-electron chi connectivity index (χ3n) is 6.80. The molecule has 4 rings (SSSR count). The number of hydrogen-bond donors (Lipinski definition) is 3. The summed E-state index contributed by atoms with van der Waals surface area (Å²) >= 11 is 6.10. The lowest BCUT2D eigenvalue weighted by Crippen LogP contribution is -2.52. The van der Waals surface area contributed by atoms with Crippen LogP contribution in [0.2, 0.25) is 5.02 Å². The number of methoxy groups -OCH3 is 2. The van der Waals surface area contributed by atoms with Gasteiger partial charge in [0.05, 0.1) is 31.2 Å². The molecule has 1 saturated carbocycles. The molecule has 1 aromatic heterocycles. The van der Waals surface area contributed by atoms with E-state index in [1.165, 1.54) is 0 Å². The Labute approximate surface area is 231 Å². The van der Waals surface area contributed by atoms with Gasteiger partial charge in [-0.1, -0.05) is 36.9 Å². The number of amides is 2. The van der Waals surface area contributed by atoms with Gasteiger partial charge in [0.1, 0.15) is 24.1 Å². The quantitative estimate of drug-likeness (QED) is 0.344. The van der Waals surface area contributed by atoms with Crippen LogP contribution in [0.25, 0.3) is 16.9 Å². The smallest absolute Gasteiger partial charge is 0.322 e. The number of hydrogen-bond acceptors (Lipinski definition) is 6. The van der Waals surface area contributed by atoms with E-state index in [1.54, 1.807) is 67.4 Å². The molecular weight excluding hydrogens is 524 g/mol. The summed E-state index contributed by atoms with van der Waals surface area (Å²) in [6.07, 6.45) is 4.45. The largest absolute Gasteiger partial charge is 0.496 e. The molecule has 0 unspecified atom stereocenters. The fourth-order valence-corrected chi connectivity index (χ4v) is 5.03. The molecule has 0 spiro atoms. The van der Waals surface area contributed by atoms with Crippen LogP contribution in [0.3, 0.4) is 0 Å². The number of rotatable bonds is 10. The van der Waals surface area contributed by atoms with Gasteiger partial charge in [-0.2, -0.15) is 5.10 Å². The number of carboxylic acids is 1. The molecule has 2 aromatic carbocycles. The lowest BCUT2D eigenvalue weighted by atomic mass is 9.83. The maximum Gasteiger partial charge on any atom is 0.322 e. The Morgan fingerprint density at radius 2 is 1.69 bits per heavy atom. The van der Waals surface area contributed by atoms with E-state index in [4.69, 9.17) is 26.2 Å². The van der Waals surface area contributed by atoms with E-state index in [9.17, 15) is 14.4 Å². The van der Waals surface area contributed by atoms with Gasteiger partial charge in [-0.25, -0.2) is 4.68 Å². The number of carbonyl (C=O) groups is 3. The van der Waals surface area contributed by atoms with Crippen molar-refractivity contribution < 1.29 is 29.0 Å². The van der Waals surface area contributed by atoms with Gasteiger partial charge in [0, 0.05) is 5.02 Å². The zero-order valence-electron chi connectivity index (χ0n) is 21.8. The first-order valence-corrected chi connectivity index (χ1v) is 13.1. The fraction of sp³-hybridized carbons (Fsp3) is 0.357. The molecule has 1 atom stereocenters. The van der Waals surface area contributed by atoms with Crippen LogP contribution in [0.5, 0.6) is 11.5 Å². The first-order valence-electron chi connectivity index (χ1n) is 12.7. The molecule has 1 fully saturated rings. The number of carboxylic acid groups (broad SMARTS) is 1. The minimum absolute atomic E-state index is 0.0692. The van der Waals surface area contributed by atoms with Gasteiger partial charge >= 0.3 is 5.97 Å². The average molecular weight is 555 g/mol. The Morgan fingerprint density at radius 1 is 1.05 bits per heavy atom. The molecule has 39 heavy (non-hydrogen) atoms. The van der Waals surface area contributed by atoms with Crippen molar-refractivity contribution in [3.63, 3.8) is 0 Å². The van der Waals surface area contributed by atoms with E-state index in [0.29, 0.717) is 33.5 Å². The van der Waals surface area contributed by atoms with Crippen LogP contribution < -0.4 is 20.1 Å². The molecule has 0 saturated heterocycles. The molecule has 0 bridgehead atoms. The molecule has 1 aliphatic rings. The van der Waals surface area contributed by atoms with Gasteiger partial charge in [0.15, 0.2) is 5.69 Å². The second-order valence-corrected chi connectivity index (χ2v) is 9.74. The number of aliphatic carboxylic acids is 1. The van der Waals surface area contributed by atoms with Gasteiger partial charge < -0.3 is 25.2 Å². The summed E-state index contributed by atoms with van der Waals surface area (Å²) in [5.74, 6) is -1.31. The van der Waals surface area contributed by atoms with Gasteiger partial charge in [0.2, 0.25) is 5.91 Å². The molecule has 1 heterocycles. The fourth-order valence-electron chi connectivity index (χ4n) is 4.91. The molecule has 11 heteroatoms. The number of benzene rings is 2. The van der Waals surface area contributed by atoms with E-state index >= 15 is 0 Å². The number of carbonyl (C=O) groups excluding carboxylic acids is 2. The van der Waals surface area contributed by atoms with Gasteiger partial charge in [0.25, 0.3) is 5.91 Å². The number of nitrogens with one attached hydrogen (secondary N) is 2. The lowest BCUT2D eigenvalue weighted by molar-refractivity contribution is -0.138. The molecule has 0 radical (unpaired) electrons. The van der Waals surface area contributed by atoms with Crippen molar-refractivity contribution in [3.05, 3.63) is 59.2 Å². The second-order valence-electron chi connectivity index (χ2n) is 9.30. The SMILES string of the molecule is COc1cccc(OC)c1-c1cc(C(=O)N[C@H](C(=O)NCC(=O)O)C2CCCCC2)nn1-c1ccc(Cl)cc1. The highest BCUT2D eigenvalue weighted by Crippen LogP contribution is 2.39. The van der Waals surface area contributed by atoms with Crippen LogP contribution in [-0.4, -0.2) is 59.5 Å². The van der Waals surface area contributed by atoms with Crippen LogP contribution in [0.15, 0.2) is 48.5 Å². The second kappa shape index (κ2) is 12.7. The summed E-state index contributed by atoms with van der Waals surface area (Å²) in [7, 11) is 3.08. The summed E-state index contributed by atoms with van der Waals surface area (Å²) in [5, 5.41) is 19.4. The molecule has 2 amide bonds. The van der Waals surface area contributed by atoms with Crippen LogP contribution in [0, 0.1) is 5.92 Å². The molecule has 1 aliphatic carbocycles. The average Bonchev–Trinajstić information content (AvgIpc) is 3.40. The molecule has 206 valence electrons. The van der Waals surface area contributed by atoms with Crippen molar-refractivity contribution >= 4 is 29.4 Å². The minimum atomic E-state index is -1.16. The van der Waals surface area contributed by atoms with E-state index in [0.717, 1.165) is 32.1 Å². The van der Waals surface area contributed by atoms with Crippen molar-refractivity contribution in [2.75, 3.05) is 20.8 Å². The lowest BCUT2D eigenvalue weighted by Gasteiger charge is -2.29. The Morgan fingerprint density at radius 3 is 2.28 bits per heavy atom. The maximum absolute atomic E-state index is 13.6. The molecule has 3 aromatic rings. The Kier molecular flexibility index (Phi) is 9.08. The van der Waals surface area contributed by atoms with E-state index in [2.05, 4.69) is 15.7 Å². The Bertz CT molecular complexity index is 1310. The third kappa shape index (κ3) is 6.51. The highest BCUT2D eigenvalue weighted by molar-refractivity contribution is 6.30. The number of aromatic nitrogens is 2. The van der Waals surface area contributed by atoms with Crippen LogP contribution >= 0.6 is 11.6 Å². The van der Waals surface area contributed by atoms with Crippen molar-refractivity contribution in [3.8, 4) is 28.4 Å². The third-order valence-corrected chi connectivity index (χ3v) is 7.05. The number of ether oxygens (including phenoxy) is 2. The van der Waals surface area contributed by atoms with Crippen molar-refractivity contribution in [2.45, 2.75) is 38.1 Å². The number of nitrogens with zero attached hydrogens (tertiary/aromatic N) is 2. The summed E-state index contributed by atoms with van der Waals surface area (Å²) in [6, 6.07) is 13.0. The number of halogens is 1. The molecular formula is C28H31ClN4O6. The van der Waals surface area contributed by atoms with E-state index < -0.39 is 30.4 Å². The topological polar surface area (TPSA) is 132 Å². The predicted octanol–water partition coefficient (Wildman–Crippen LogP) is 4.09. The summed E-state index contributed by atoms with van der Waals surface area (Å²) in [5.41, 5.74) is 1.83. The van der Waals surface area contributed by atoms with E-state index in [1.807, 2.05) is 0 Å². The zero-order chi connectivity index (χ0) is 27.9. The maximum atomic E-state index is 13.6. The normalized spacial score (nSPS) is 14.3. The van der Waals surface area contributed by atoms with Crippen molar-refractivity contribution in [2.24, 2.45) is 5.92 Å². The summed E-state index contributed by atoms with van der Waals surface area (Å²) in [6.45, 7) is -0.527. The highest BCUT2D eigenvalue weighted by atomic mass is 35.5. The van der Waals surface area contributed by atoms with Gasteiger partial charge in [-0.15, -0.1) is 0 Å². The Hall–Kier alpha value is -4.05. The van der Waals surface area contributed by atoms with E-state index in [-0.39, 0.29) is 11.6 Å². The van der Waals surface area contributed by atoms with Crippen LogP contribution in [0.4, 0.5) is 0 Å². The monoisotopic (exact) mass is 554 g/mol. The molecule has 0 aliphatic heterocycles. The van der Waals surface area contributed by atoms with Crippen molar-refractivity contribution in [1.29, 1.82) is 0 Å². The standard InChI is InChI=1S/C28H31ClN4O6/c1-38-22-9-6-10-23(39-2)25(22)21-15-20(32-33(21)19-13-11-18(29)12-14-19)27(36)31-26(17-7-4-3-5-8-17)28(37)30-16-24(34)35/h6,9-15,17,26H,3-5,7-8,16H2,1-2H3,(H,30,37)(H,31,36)(H,34,35)/t26-/m0/s1. The summed E-state index contributed by atoms with van der Waals surface area (Å²) < 4.78 is 12.8. The predicted molar refractivity (Wildman–Crippen MR) is 146 cm³/mol. The van der Waals surface area contributed by atoms with Crippen LogP contribution in [0.1, 0.15) is 42.6 Å². The van der Waals surface area contributed by atoms with Gasteiger partial charge in [-0.3, -0.25) is 14.4 Å². The van der Waals surface area contributed by atoms with Crippen molar-refractivity contribution in [1.82, 2.24) is 20.4 Å². The zero-order valence-corrected chi connectivity index (χ0v) is 22.5. The first-order chi connectivity index (χ1) is 18.8. The molecule has 3 N–H and O–H groups in total. The molecule has 10 nitrogen and oxygen atoms in total. The van der Waals surface area contributed by atoms with Gasteiger partial charge in [-0.05, 0) is 61.2 Å². The first kappa shape index (κ1) is 28.0. The highest BCUT2D eigenvalue weighted by Gasteiger charge is 2.32. The Balaban J connectivity index is 1.74. The summed E-state index contributed by atoms with van der Waals surface area (Å²) in [4.78, 5) is 37.6. The van der Waals surface area contributed by atoms with Crippen LogP contribution in [-0.2, 0) is 9.59 Å².